The van der Waals surface area contributed by atoms with Gasteiger partial charge in [-0.25, -0.2) is 0 Å². The predicted molar refractivity (Wildman–Crippen MR) is 145 cm³/mol. The van der Waals surface area contributed by atoms with Crippen LogP contribution in [0.1, 0.15) is 0 Å². The number of anilines is 3. The molecule has 5 aromatic carbocycles. The Kier molecular flexibility index (Phi) is 5.83. The van der Waals surface area contributed by atoms with Gasteiger partial charge in [0.25, 0.3) is 5.89 Å². The second kappa shape index (κ2) is 9.72. The van der Waals surface area contributed by atoms with Crippen molar-refractivity contribution < 1.29 is 4.52 Å². The highest BCUT2D eigenvalue weighted by Crippen LogP contribution is 2.36. The average molecular weight is 466 g/mol. The molecule has 0 unspecified atom stereocenters. The Labute approximate surface area is 210 Å². The first kappa shape index (κ1) is 21.6. The molecular formula is C32H23N3O. The topological polar surface area (TPSA) is 42.2 Å². The third kappa shape index (κ3) is 4.40. The second-order valence-corrected chi connectivity index (χ2v) is 8.42. The van der Waals surface area contributed by atoms with Crippen molar-refractivity contribution in [2.45, 2.75) is 0 Å². The Morgan fingerprint density at radius 1 is 0.417 bits per heavy atom. The standard InChI is InChI=1S/C32H23N3O/c1-4-10-24(11-5-1)25-16-20-29(21-17-25)35(28-14-8-3-9-15-28)30-22-18-27(19-23-30)32-33-31(34-36-32)26-12-6-2-7-13-26/h1-23H. The molecule has 36 heavy (non-hydrogen) atoms. The van der Waals surface area contributed by atoms with Gasteiger partial charge in [-0.2, -0.15) is 4.98 Å². The van der Waals surface area contributed by atoms with Gasteiger partial charge >= 0.3 is 0 Å². The van der Waals surface area contributed by atoms with Crippen molar-refractivity contribution in [3.05, 3.63) is 140 Å². The molecule has 0 spiro atoms. The zero-order valence-electron chi connectivity index (χ0n) is 19.5. The van der Waals surface area contributed by atoms with Crippen LogP contribution in [0.15, 0.2) is 144 Å². The van der Waals surface area contributed by atoms with Crippen molar-refractivity contribution in [1.29, 1.82) is 0 Å². The molecule has 0 N–H and O–H groups in total. The molecule has 1 heterocycles. The average Bonchev–Trinajstić information content (AvgIpc) is 3.46. The number of nitrogens with zero attached hydrogens (tertiary/aromatic N) is 3. The maximum absolute atomic E-state index is 5.56. The normalized spacial score (nSPS) is 10.8. The summed E-state index contributed by atoms with van der Waals surface area (Å²) in [4.78, 5) is 6.83. The fraction of sp³-hybridized carbons (Fsp3) is 0. The Hall–Kier alpha value is -4.96. The van der Waals surface area contributed by atoms with Crippen molar-refractivity contribution in [2.75, 3.05) is 4.90 Å². The molecule has 172 valence electrons. The highest BCUT2D eigenvalue weighted by Gasteiger charge is 2.15. The summed E-state index contributed by atoms with van der Waals surface area (Å²) in [6.07, 6.45) is 0. The summed E-state index contributed by atoms with van der Waals surface area (Å²) in [5.41, 5.74) is 7.40. The van der Waals surface area contributed by atoms with Gasteiger partial charge in [0.2, 0.25) is 5.82 Å². The molecular weight excluding hydrogens is 442 g/mol. The van der Waals surface area contributed by atoms with Gasteiger partial charge < -0.3 is 9.42 Å². The van der Waals surface area contributed by atoms with Gasteiger partial charge in [0, 0.05) is 28.2 Å². The van der Waals surface area contributed by atoms with Gasteiger partial charge in [0.05, 0.1) is 0 Å². The zero-order chi connectivity index (χ0) is 24.2. The number of benzene rings is 5. The molecule has 0 fully saturated rings. The molecule has 0 aliphatic carbocycles. The number of hydrogen-bond acceptors (Lipinski definition) is 4. The molecule has 0 atom stereocenters. The third-order valence-electron chi connectivity index (χ3n) is 6.08. The Bertz CT molecular complexity index is 1540. The first-order valence-electron chi connectivity index (χ1n) is 11.9. The number of rotatable bonds is 6. The van der Waals surface area contributed by atoms with Crippen LogP contribution in [0.25, 0.3) is 34.0 Å². The minimum Gasteiger partial charge on any atom is -0.334 e. The minimum absolute atomic E-state index is 0.499. The highest BCUT2D eigenvalue weighted by molar-refractivity contribution is 5.79. The summed E-state index contributed by atoms with van der Waals surface area (Å²) in [5.74, 6) is 1.08. The van der Waals surface area contributed by atoms with E-state index in [0.717, 1.165) is 28.2 Å². The van der Waals surface area contributed by atoms with Crippen LogP contribution in [0.3, 0.4) is 0 Å². The summed E-state index contributed by atoms with van der Waals surface area (Å²) in [6, 6.07) is 47.5. The first-order valence-corrected chi connectivity index (χ1v) is 11.9. The van der Waals surface area contributed by atoms with Crippen LogP contribution in [0.2, 0.25) is 0 Å². The van der Waals surface area contributed by atoms with Crippen molar-refractivity contribution in [1.82, 2.24) is 10.1 Å². The van der Waals surface area contributed by atoms with Gasteiger partial charge in [-0.05, 0) is 59.7 Å². The van der Waals surface area contributed by atoms with Crippen LogP contribution >= 0.6 is 0 Å². The lowest BCUT2D eigenvalue weighted by Crippen LogP contribution is -2.09. The SMILES string of the molecule is c1ccc(-c2ccc(N(c3ccccc3)c3ccc(-c4nc(-c5ccccc5)no4)cc3)cc2)cc1. The summed E-state index contributed by atoms with van der Waals surface area (Å²) < 4.78 is 5.56. The van der Waals surface area contributed by atoms with Gasteiger partial charge in [-0.1, -0.05) is 96.2 Å². The van der Waals surface area contributed by atoms with Crippen molar-refractivity contribution in [3.63, 3.8) is 0 Å². The van der Waals surface area contributed by atoms with E-state index in [-0.39, 0.29) is 0 Å². The van der Waals surface area contributed by atoms with Gasteiger partial charge in [0.15, 0.2) is 0 Å². The molecule has 0 aliphatic heterocycles. The predicted octanol–water partition coefficient (Wildman–Crippen LogP) is 8.54. The molecule has 0 saturated heterocycles. The molecule has 0 radical (unpaired) electrons. The van der Waals surface area contributed by atoms with Crippen LogP contribution in [-0.4, -0.2) is 10.1 Å². The molecule has 0 saturated carbocycles. The van der Waals surface area contributed by atoms with Crippen molar-refractivity contribution in [3.8, 4) is 34.0 Å². The molecule has 1 aromatic heterocycles. The summed E-state index contributed by atoms with van der Waals surface area (Å²) in [5, 5.41) is 4.15. The summed E-state index contributed by atoms with van der Waals surface area (Å²) in [6.45, 7) is 0. The Morgan fingerprint density at radius 3 is 1.44 bits per heavy atom. The van der Waals surface area contributed by atoms with Gasteiger partial charge in [-0.15, -0.1) is 0 Å². The van der Waals surface area contributed by atoms with Gasteiger partial charge in [-0.3, -0.25) is 0 Å². The lowest BCUT2D eigenvalue weighted by Gasteiger charge is -2.25. The fourth-order valence-corrected chi connectivity index (χ4v) is 4.26. The van der Waals surface area contributed by atoms with E-state index in [4.69, 9.17) is 4.52 Å². The highest BCUT2D eigenvalue weighted by atomic mass is 16.5. The molecule has 4 nitrogen and oxygen atoms in total. The monoisotopic (exact) mass is 465 g/mol. The van der Waals surface area contributed by atoms with Crippen LogP contribution in [0.5, 0.6) is 0 Å². The first-order chi connectivity index (χ1) is 17.8. The van der Waals surface area contributed by atoms with Crippen LogP contribution in [0.4, 0.5) is 17.1 Å². The molecule has 4 heteroatoms. The third-order valence-corrected chi connectivity index (χ3v) is 6.08. The zero-order valence-corrected chi connectivity index (χ0v) is 19.5. The molecule has 0 aliphatic rings. The van der Waals surface area contributed by atoms with E-state index in [1.807, 2.05) is 54.6 Å². The van der Waals surface area contributed by atoms with E-state index in [0.29, 0.717) is 11.7 Å². The number of hydrogen-bond donors (Lipinski definition) is 0. The maximum Gasteiger partial charge on any atom is 0.258 e. The van der Waals surface area contributed by atoms with Crippen LogP contribution < -0.4 is 4.90 Å². The maximum atomic E-state index is 5.56. The quantitative estimate of drug-likeness (QED) is 0.247. The van der Waals surface area contributed by atoms with E-state index in [2.05, 4.69) is 100.0 Å². The summed E-state index contributed by atoms with van der Waals surface area (Å²) in [7, 11) is 0. The van der Waals surface area contributed by atoms with E-state index in [9.17, 15) is 0 Å². The van der Waals surface area contributed by atoms with E-state index >= 15 is 0 Å². The molecule has 0 amide bonds. The summed E-state index contributed by atoms with van der Waals surface area (Å²) >= 11 is 0. The lowest BCUT2D eigenvalue weighted by atomic mass is 10.0. The number of aromatic nitrogens is 2. The molecule has 6 rings (SSSR count). The second-order valence-electron chi connectivity index (χ2n) is 8.42. The smallest absolute Gasteiger partial charge is 0.258 e. The molecule has 6 aromatic rings. The van der Waals surface area contributed by atoms with E-state index in [1.165, 1.54) is 11.1 Å². The van der Waals surface area contributed by atoms with E-state index in [1.54, 1.807) is 0 Å². The van der Waals surface area contributed by atoms with Gasteiger partial charge in [0.1, 0.15) is 0 Å². The van der Waals surface area contributed by atoms with Crippen LogP contribution in [-0.2, 0) is 0 Å². The van der Waals surface area contributed by atoms with Crippen LogP contribution in [0, 0.1) is 0 Å². The van der Waals surface area contributed by atoms with E-state index < -0.39 is 0 Å². The number of para-hydroxylation sites is 1. The Balaban J connectivity index is 1.32. The molecule has 0 bridgehead atoms. The minimum atomic E-state index is 0.499. The van der Waals surface area contributed by atoms with Crippen molar-refractivity contribution in [2.24, 2.45) is 0 Å². The van der Waals surface area contributed by atoms with Crippen molar-refractivity contribution >= 4 is 17.1 Å². The Morgan fingerprint density at radius 2 is 0.861 bits per heavy atom. The fourth-order valence-electron chi connectivity index (χ4n) is 4.26. The largest absolute Gasteiger partial charge is 0.334 e. The lowest BCUT2D eigenvalue weighted by molar-refractivity contribution is 0.432.